The van der Waals surface area contributed by atoms with E-state index in [1.807, 2.05) is 10.9 Å². The first-order valence-electron chi connectivity index (χ1n) is 7.58. The summed E-state index contributed by atoms with van der Waals surface area (Å²) in [5.74, 6) is -0.964. The number of benzene rings is 1. The third-order valence-electron chi connectivity index (χ3n) is 2.84. The lowest BCUT2D eigenvalue weighted by molar-refractivity contribution is -0.142. The van der Waals surface area contributed by atoms with Crippen molar-refractivity contribution in [2.45, 2.75) is 38.7 Å². The van der Waals surface area contributed by atoms with Crippen molar-refractivity contribution in [1.29, 1.82) is 0 Å². The van der Waals surface area contributed by atoms with Crippen LogP contribution in [0.2, 0.25) is 0 Å². The van der Waals surface area contributed by atoms with Crippen LogP contribution >= 0.6 is 15.9 Å². The minimum Gasteiger partial charge on any atom is -0.443 e. The molecule has 10 heteroatoms. The first-order valence-corrected chi connectivity index (χ1v) is 8.70. The van der Waals surface area contributed by atoms with Gasteiger partial charge in [-0.05, 0) is 26.8 Å². The molecule has 2 amide bonds. The number of nitrogens with one attached hydrogen (secondary N) is 2. The minimum absolute atomic E-state index is 0.0171. The normalized spacial score (nSPS) is 13.0. The molecule has 1 rings (SSSR count). The van der Waals surface area contributed by atoms with E-state index in [0.717, 1.165) is 12.1 Å². The average molecular weight is 441 g/mol. The van der Waals surface area contributed by atoms with E-state index in [-0.39, 0.29) is 12.2 Å². The number of carbonyl (C=O) groups is 2. The van der Waals surface area contributed by atoms with E-state index in [2.05, 4.69) is 15.9 Å². The van der Waals surface area contributed by atoms with Crippen molar-refractivity contribution in [3.63, 3.8) is 0 Å². The van der Waals surface area contributed by atoms with Crippen LogP contribution in [0.4, 0.5) is 18.0 Å². The van der Waals surface area contributed by atoms with Crippen molar-refractivity contribution in [2.24, 2.45) is 0 Å². The topological polar surface area (TPSA) is 76.7 Å². The van der Waals surface area contributed by atoms with Crippen LogP contribution in [0.15, 0.2) is 24.3 Å². The second-order valence-electron chi connectivity index (χ2n) is 6.14. The molecule has 0 saturated carbocycles. The third-order valence-corrected chi connectivity index (χ3v) is 3.16. The van der Waals surface area contributed by atoms with Crippen LogP contribution in [0.3, 0.4) is 0 Å². The Morgan fingerprint density at radius 3 is 2.31 bits per heavy atom. The quantitative estimate of drug-likeness (QED) is 0.540. The summed E-state index contributed by atoms with van der Waals surface area (Å²) in [7, 11) is 0. The van der Waals surface area contributed by atoms with Gasteiger partial charge in [0, 0.05) is 10.9 Å². The smallest absolute Gasteiger partial charge is 0.426 e. The molecule has 0 spiro atoms. The molecule has 26 heavy (non-hydrogen) atoms. The lowest BCUT2D eigenvalue weighted by Gasteiger charge is -2.23. The molecule has 146 valence electrons. The Kier molecular flexibility index (Phi) is 7.88. The van der Waals surface area contributed by atoms with E-state index in [9.17, 15) is 22.8 Å². The largest absolute Gasteiger partial charge is 0.443 e. The second-order valence-corrected chi connectivity index (χ2v) is 6.93. The van der Waals surface area contributed by atoms with Gasteiger partial charge in [0.2, 0.25) is 0 Å². The molecule has 0 fully saturated rings. The van der Waals surface area contributed by atoms with Crippen molar-refractivity contribution in [1.82, 2.24) is 10.9 Å². The van der Waals surface area contributed by atoms with Crippen LogP contribution in [0.5, 0.6) is 0 Å². The fraction of sp³-hybridized carbons (Fsp3) is 0.500. The third kappa shape index (κ3) is 7.20. The summed E-state index contributed by atoms with van der Waals surface area (Å²) in [5.41, 5.74) is 1.86. The molecule has 2 N–H and O–H groups in total. The first-order chi connectivity index (χ1) is 12.0. The lowest BCUT2D eigenvalue weighted by Crippen LogP contribution is -2.46. The average Bonchev–Trinajstić information content (AvgIpc) is 2.51. The van der Waals surface area contributed by atoms with Crippen molar-refractivity contribution in [3.05, 3.63) is 35.4 Å². The molecule has 1 unspecified atom stereocenters. The van der Waals surface area contributed by atoms with E-state index >= 15 is 0 Å². The van der Waals surface area contributed by atoms with Crippen molar-refractivity contribution < 1.29 is 32.2 Å². The fourth-order valence-electron chi connectivity index (χ4n) is 1.93. The molecule has 0 aromatic heterocycles. The zero-order valence-electron chi connectivity index (χ0n) is 14.4. The van der Waals surface area contributed by atoms with Gasteiger partial charge in [-0.2, -0.15) is 13.2 Å². The van der Waals surface area contributed by atoms with E-state index in [1.165, 1.54) is 12.1 Å². The number of rotatable bonds is 5. The molecule has 0 aliphatic carbocycles. The predicted molar refractivity (Wildman–Crippen MR) is 91.4 cm³/mol. The van der Waals surface area contributed by atoms with Gasteiger partial charge in [-0.1, -0.05) is 34.1 Å². The fourth-order valence-corrected chi connectivity index (χ4v) is 2.12. The Bertz CT molecular complexity index is 633. The summed E-state index contributed by atoms with van der Waals surface area (Å²) in [5, 5.41) is 0.310. The van der Waals surface area contributed by atoms with E-state index in [4.69, 9.17) is 9.47 Å². The van der Waals surface area contributed by atoms with Crippen LogP contribution in [-0.2, 0) is 20.4 Å². The lowest BCUT2D eigenvalue weighted by atomic mass is 10.0. The number of alkyl halides is 4. The molecule has 0 aliphatic heterocycles. The van der Waals surface area contributed by atoms with Gasteiger partial charge in [0.25, 0.3) is 5.91 Å². The maximum atomic E-state index is 13.2. The van der Waals surface area contributed by atoms with Gasteiger partial charge in [-0.3, -0.25) is 10.2 Å². The van der Waals surface area contributed by atoms with E-state index < -0.39 is 35.4 Å². The Labute approximate surface area is 157 Å². The number of halogens is 4. The van der Waals surface area contributed by atoms with Gasteiger partial charge < -0.3 is 9.47 Å². The zero-order chi connectivity index (χ0) is 20.0. The number of amides is 2. The van der Waals surface area contributed by atoms with Gasteiger partial charge in [-0.15, -0.1) is 0 Å². The first kappa shape index (κ1) is 22.2. The Hall–Kier alpha value is -1.81. The molecule has 0 saturated heterocycles. The number of hydrogen-bond donors (Lipinski definition) is 2. The van der Waals surface area contributed by atoms with Gasteiger partial charge in [0.05, 0.1) is 12.2 Å². The molecule has 1 aromatic carbocycles. The summed E-state index contributed by atoms with van der Waals surface area (Å²) < 4.78 is 49.8. The van der Waals surface area contributed by atoms with Gasteiger partial charge in [-0.25, -0.2) is 10.2 Å². The number of hydrazine groups is 1. The second kappa shape index (κ2) is 9.22. The van der Waals surface area contributed by atoms with Crippen molar-refractivity contribution in [2.75, 3.05) is 11.9 Å². The summed E-state index contributed by atoms with van der Waals surface area (Å²) >= 11 is 3.08. The highest BCUT2D eigenvalue weighted by Crippen LogP contribution is 2.35. The molecule has 0 radical (unpaired) electrons. The summed E-state index contributed by atoms with van der Waals surface area (Å²) in [6, 6.07) is 4.58. The van der Waals surface area contributed by atoms with E-state index in [1.54, 1.807) is 20.8 Å². The SMILES string of the molecule is CC(C)(C)OC(=O)NNC(=O)C(OCCBr)c1ccccc1C(F)(F)F. The molecule has 1 atom stereocenters. The summed E-state index contributed by atoms with van der Waals surface area (Å²) in [6.07, 6.45) is -7.18. The standard InChI is InChI=1S/C16H20BrF3N2O4/c1-15(2,3)26-14(24)22-21-13(23)12(25-9-8-17)10-6-4-5-7-11(10)16(18,19)20/h4-7,12H,8-9H2,1-3H3,(H,21,23)(H,22,24). The van der Waals surface area contributed by atoms with Crippen LogP contribution < -0.4 is 10.9 Å². The van der Waals surface area contributed by atoms with Crippen LogP contribution in [0.1, 0.15) is 38.0 Å². The minimum atomic E-state index is -4.66. The van der Waals surface area contributed by atoms with Crippen LogP contribution in [0.25, 0.3) is 0 Å². The van der Waals surface area contributed by atoms with Crippen LogP contribution in [-0.4, -0.2) is 29.5 Å². The van der Waals surface area contributed by atoms with Crippen molar-refractivity contribution >= 4 is 27.9 Å². The molecular formula is C16H20BrF3N2O4. The van der Waals surface area contributed by atoms with Gasteiger partial charge in [0.1, 0.15) is 5.60 Å². The maximum absolute atomic E-state index is 13.2. The monoisotopic (exact) mass is 440 g/mol. The number of ether oxygens (including phenoxy) is 2. The highest BCUT2D eigenvalue weighted by molar-refractivity contribution is 9.09. The molecule has 1 aromatic rings. The summed E-state index contributed by atoms with van der Waals surface area (Å²) in [4.78, 5) is 23.9. The summed E-state index contributed by atoms with van der Waals surface area (Å²) in [6.45, 7) is 4.85. The van der Waals surface area contributed by atoms with Gasteiger partial charge >= 0.3 is 12.3 Å². The van der Waals surface area contributed by atoms with Crippen molar-refractivity contribution in [3.8, 4) is 0 Å². The molecule has 0 aliphatic rings. The number of carbonyl (C=O) groups excluding carboxylic acids is 2. The van der Waals surface area contributed by atoms with E-state index in [0.29, 0.717) is 5.33 Å². The molecule has 6 nitrogen and oxygen atoms in total. The molecule has 0 bridgehead atoms. The Balaban J connectivity index is 2.97. The van der Waals surface area contributed by atoms with Crippen LogP contribution in [0, 0.1) is 0 Å². The molecule has 0 heterocycles. The Morgan fingerprint density at radius 1 is 1.15 bits per heavy atom. The zero-order valence-corrected chi connectivity index (χ0v) is 16.0. The van der Waals surface area contributed by atoms with Gasteiger partial charge in [0.15, 0.2) is 6.10 Å². The maximum Gasteiger partial charge on any atom is 0.426 e. The highest BCUT2D eigenvalue weighted by Gasteiger charge is 2.37. The predicted octanol–water partition coefficient (Wildman–Crippen LogP) is 3.71. The highest BCUT2D eigenvalue weighted by atomic mass is 79.9. The number of hydrogen-bond acceptors (Lipinski definition) is 4. The Morgan fingerprint density at radius 2 is 1.77 bits per heavy atom. The molecular weight excluding hydrogens is 421 g/mol.